The Morgan fingerprint density at radius 3 is 2.76 bits per heavy atom. The van der Waals surface area contributed by atoms with E-state index in [0.29, 0.717) is 12.3 Å². The Hall–Kier alpha value is -2.60. The molecule has 2 aromatic rings. The SMILES string of the molecule is CNC(=O)CCCN1CCCC(/C(=N\OC)c2ccc3cc(OC)ccc3c2)C1. The fraction of sp³-hybridized carbons (Fsp3) is 0.478. The molecule has 0 radical (unpaired) electrons. The molecule has 0 aromatic heterocycles. The van der Waals surface area contributed by atoms with Crippen LogP contribution in [0.25, 0.3) is 10.8 Å². The van der Waals surface area contributed by atoms with Crippen LogP contribution < -0.4 is 10.1 Å². The predicted molar refractivity (Wildman–Crippen MR) is 117 cm³/mol. The topological polar surface area (TPSA) is 63.2 Å². The molecule has 1 aliphatic rings. The minimum Gasteiger partial charge on any atom is -0.497 e. The highest BCUT2D eigenvalue weighted by Crippen LogP contribution is 2.26. The monoisotopic (exact) mass is 397 g/mol. The number of methoxy groups -OCH3 is 1. The lowest BCUT2D eigenvalue weighted by molar-refractivity contribution is -0.120. The number of carbonyl (C=O) groups is 1. The minimum absolute atomic E-state index is 0.105. The number of ether oxygens (including phenoxy) is 1. The van der Waals surface area contributed by atoms with Gasteiger partial charge in [-0.25, -0.2) is 0 Å². The van der Waals surface area contributed by atoms with Crippen molar-refractivity contribution >= 4 is 22.4 Å². The summed E-state index contributed by atoms with van der Waals surface area (Å²) in [5.74, 6) is 1.28. The zero-order valence-corrected chi connectivity index (χ0v) is 17.6. The molecule has 6 nitrogen and oxygen atoms in total. The molecule has 0 bridgehead atoms. The third kappa shape index (κ3) is 5.48. The third-order valence-corrected chi connectivity index (χ3v) is 5.58. The van der Waals surface area contributed by atoms with Crippen LogP contribution in [0.2, 0.25) is 0 Å². The van der Waals surface area contributed by atoms with Gasteiger partial charge >= 0.3 is 0 Å². The Balaban J connectivity index is 1.74. The van der Waals surface area contributed by atoms with E-state index in [9.17, 15) is 4.79 Å². The van der Waals surface area contributed by atoms with Gasteiger partial charge in [0.1, 0.15) is 12.9 Å². The largest absolute Gasteiger partial charge is 0.497 e. The van der Waals surface area contributed by atoms with E-state index in [4.69, 9.17) is 9.57 Å². The number of piperidine rings is 1. The Morgan fingerprint density at radius 1 is 1.21 bits per heavy atom. The molecular formula is C23H31N3O3. The fourth-order valence-electron chi connectivity index (χ4n) is 4.04. The molecule has 0 saturated carbocycles. The fourth-order valence-corrected chi connectivity index (χ4v) is 4.04. The number of nitrogens with zero attached hydrogens (tertiary/aromatic N) is 2. The molecule has 1 N–H and O–H groups in total. The minimum atomic E-state index is 0.105. The molecule has 156 valence electrons. The number of benzene rings is 2. The molecule has 0 spiro atoms. The van der Waals surface area contributed by atoms with Crippen molar-refractivity contribution in [1.29, 1.82) is 0 Å². The van der Waals surface area contributed by atoms with E-state index in [1.165, 1.54) is 0 Å². The van der Waals surface area contributed by atoms with Crippen LogP contribution in [0, 0.1) is 5.92 Å². The van der Waals surface area contributed by atoms with Crippen LogP contribution in [0.5, 0.6) is 5.75 Å². The molecule has 29 heavy (non-hydrogen) atoms. The normalized spacial score (nSPS) is 17.9. The van der Waals surface area contributed by atoms with Crippen molar-refractivity contribution in [3.63, 3.8) is 0 Å². The van der Waals surface area contributed by atoms with E-state index in [-0.39, 0.29) is 5.91 Å². The number of nitrogens with one attached hydrogen (secondary N) is 1. The van der Waals surface area contributed by atoms with E-state index in [1.807, 2.05) is 12.1 Å². The number of rotatable bonds is 8. The molecule has 1 amide bonds. The number of carbonyl (C=O) groups excluding carboxylic acids is 1. The second kappa shape index (κ2) is 10.3. The summed E-state index contributed by atoms with van der Waals surface area (Å²) in [7, 11) is 4.98. The summed E-state index contributed by atoms with van der Waals surface area (Å²) in [6, 6.07) is 12.5. The molecule has 3 rings (SSSR count). The molecule has 0 aliphatic carbocycles. The van der Waals surface area contributed by atoms with E-state index in [2.05, 4.69) is 39.6 Å². The van der Waals surface area contributed by atoms with Gasteiger partial charge in [-0.1, -0.05) is 23.4 Å². The highest BCUT2D eigenvalue weighted by Gasteiger charge is 2.26. The summed E-state index contributed by atoms with van der Waals surface area (Å²) in [5, 5.41) is 9.41. The number of likely N-dealkylation sites (tertiary alicyclic amines) is 1. The molecule has 1 fully saturated rings. The molecule has 6 heteroatoms. The third-order valence-electron chi connectivity index (χ3n) is 5.58. The van der Waals surface area contributed by atoms with E-state index >= 15 is 0 Å². The standard InChI is InChI=1S/C23H31N3O3/c1-24-22(27)7-5-13-26-12-4-6-20(16-26)23(25-29-3)19-9-8-18-15-21(28-2)11-10-17(18)14-19/h8-11,14-15,20H,4-7,12-13,16H2,1-3H3,(H,24,27)/b25-23-. The van der Waals surface area contributed by atoms with Crippen LogP contribution in [-0.2, 0) is 9.63 Å². The Kier molecular flexibility index (Phi) is 7.47. The number of fused-ring (bicyclic) bond motifs is 1. The van der Waals surface area contributed by atoms with Gasteiger partial charge in [0, 0.05) is 31.5 Å². The number of oxime groups is 1. The van der Waals surface area contributed by atoms with Gasteiger partial charge < -0.3 is 19.8 Å². The summed E-state index contributed by atoms with van der Waals surface area (Å²) in [5.41, 5.74) is 2.10. The molecule has 1 saturated heterocycles. The summed E-state index contributed by atoms with van der Waals surface area (Å²) in [6.45, 7) is 2.94. The summed E-state index contributed by atoms with van der Waals surface area (Å²) in [6.07, 6.45) is 3.67. The van der Waals surface area contributed by atoms with Crippen molar-refractivity contribution in [3.05, 3.63) is 42.0 Å². The zero-order valence-electron chi connectivity index (χ0n) is 17.6. The average Bonchev–Trinajstić information content (AvgIpc) is 2.76. The zero-order chi connectivity index (χ0) is 20.6. The van der Waals surface area contributed by atoms with Crippen molar-refractivity contribution in [2.75, 3.05) is 40.9 Å². The Bertz CT molecular complexity index is 866. The van der Waals surface area contributed by atoms with Gasteiger partial charge in [0.25, 0.3) is 0 Å². The molecule has 1 aliphatic heterocycles. The van der Waals surface area contributed by atoms with Gasteiger partial charge in [0.15, 0.2) is 0 Å². The summed E-state index contributed by atoms with van der Waals surface area (Å²) >= 11 is 0. The van der Waals surface area contributed by atoms with Gasteiger partial charge in [0.2, 0.25) is 5.91 Å². The molecule has 1 unspecified atom stereocenters. The van der Waals surface area contributed by atoms with E-state index in [0.717, 1.165) is 66.7 Å². The first-order chi connectivity index (χ1) is 14.1. The van der Waals surface area contributed by atoms with Gasteiger partial charge in [-0.3, -0.25) is 4.79 Å². The lowest BCUT2D eigenvalue weighted by Crippen LogP contribution is -2.39. The van der Waals surface area contributed by atoms with Crippen molar-refractivity contribution < 1.29 is 14.4 Å². The first-order valence-corrected chi connectivity index (χ1v) is 10.3. The lowest BCUT2D eigenvalue weighted by atomic mass is 9.88. The van der Waals surface area contributed by atoms with Crippen LogP contribution in [-0.4, -0.2) is 57.4 Å². The van der Waals surface area contributed by atoms with Crippen LogP contribution in [0.3, 0.4) is 0 Å². The maximum Gasteiger partial charge on any atom is 0.219 e. The van der Waals surface area contributed by atoms with Crippen LogP contribution in [0.1, 0.15) is 31.2 Å². The van der Waals surface area contributed by atoms with Crippen molar-refractivity contribution in [1.82, 2.24) is 10.2 Å². The molecule has 2 aromatic carbocycles. The van der Waals surface area contributed by atoms with Crippen molar-refractivity contribution in [2.24, 2.45) is 11.1 Å². The van der Waals surface area contributed by atoms with Crippen molar-refractivity contribution in [3.8, 4) is 5.75 Å². The van der Waals surface area contributed by atoms with Gasteiger partial charge in [-0.05, 0) is 61.3 Å². The highest BCUT2D eigenvalue weighted by atomic mass is 16.6. The first-order valence-electron chi connectivity index (χ1n) is 10.3. The van der Waals surface area contributed by atoms with Crippen LogP contribution in [0.15, 0.2) is 41.6 Å². The molecular weight excluding hydrogens is 366 g/mol. The van der Waals surface area contributed by atoms with Crippen LogP contribution in [0.4, 0.5) is 0 Å². The maximum atomic E-state index is 11.5. The number of hydrogen-bond donors (Lipinski definition) is 1. The van der Waals surface area contributed by atoms with Crippen LogP contribution >= 0.6 is 0 Å². The number of hydrogen-bond acceptors (Lipinski definition) is 5. The Morgan fingerprint density at radius 2 is 2.00 bits per heavy atom. The summed E-state index contributed by atoms with van der Waals surface area (Å²) < 4.78 is 5.33. The number of amides is 1. The smallest absolute Gasteiger partial charge is 0.219 e. The predicted octanol–water partition coefficient (Wildman–Crippen LogP) is 3.44. The summed E-state index contributed by atoms with van der Waals surface area (Å²) in [4.78, 5) is 19.1. The van der Waals surface area contributed by atoms with Gasteiger partial charge in [-0.2, -0.15) is 0 Å². The average molecular weight is 398 g/mol. The second-order valence-corrected chi connectivity index (χ2v) is 7.50. The van der Waals surface area contributed by atoms with E-state index in [1.54, 1.807) is 21.3 Å². The Labute approximate surface area is 172 Å². The second-order valence-electron chi connectivity index (χ2n) is 7.50. The molecule has 1 atom stereocenters. The van der Waals surface area contributed by atoms with Gasteiger partial charge in [0.05, 0.1) is 12.8 Å². The van der Waals surface area contributed by atoms with Crippen molar-refractivity contribution in [2.45, 2.75) is 25.7 Å². The highest BCUT2D eigenvalue weighted by molar-refractivity contribution is 6.04. The lowest BCUT2D eigenvalue weighted by Gasteiger charge is -2.33. The molecule has 1 heterocycles. The quantitative estimate of drug-likeness (QED) is 0.548. The van der Waals surface area contributed by atoms with Gasteiger partial charge in [-0.15, -0.1) is 0 Å². The first kappa shape index (κ1) is 21.1. The maximum absolute atomic E-state index is 11.5. The van der Waals surface area contributed by atoms with E-state index < -0.39 is 0 Å².